The minimum atomic E-state index is -2.91. The van der Waals surface area contributed by atoms with Gasteiger partial charge in [0.05, 0.1) is 5.56 Å². The maximum Gasteiger partial charge on any atom is 0.335 e. The van der Waals surface area contributed by atoms with Crippen LogP contribution in [0.5, 0.6) is 0 Å². The number of fused-ring (bicyclic) bond motifs is 1. The first-order chi connectivity index (χ1) is 8.00. The number of carboxylic acids is 1. The average molecular weight is 241 g/mol. The number of alkyl halides is 2. The van der Waals surface area contributed by atoms with Crippen molar-refractivity contribution >= 4 is 16.9 Å². The SMILES string of the molecule is O=C(O)c1ccc2[nH]cc(C(O)C(F)F)c2c1. The second kappa shape index (κ2) is 4.14. The fourth-order valence-corrected chi connectivity index (χ4v) is 1.66. The topological polar surface area (TPSA) is 73.3 Å². The number of aromatic amines is 1. The van der Waals surface area contributed by atoms with E-state index in [1.807, 2.05) is 0 Å². The Kier molecular flexibility index (Phi) is 2.81. The first-order valence-corrected chi connectivity index (χ1v) is 4.81. The van der Waals surface area contributed by atoms with Crippen LogP contribution in [0, 0.1) is 0 Å². The van der Waals surface area contributed by atoms with Gasteiger partial charge in [0.15, 0.2) is 0 Å². The fourth-order valence-electron chi connectivity index (χ4n) is 1.66. The van der Waals surface area contributed by atoms with E-state index in [0.29, 0.717) is 5.52 Å². The van der Waals surface area contributed by atoms with E-state index in [0.717, 1.165) is 0 Å². The van der Waals surface area contributed by atoms with Crippen molar-refractivity contribution in [2.75, 3.05) is 0 Å². The van der Waals surface area contributed by atoms with Crippen LogP contribution in [0.3, 0.4) is 0 Å². The molecule has 2 rings (SSSR count). The van der Waals surface area contributed by atoms with Crippen LogP contribution in [0.2, 0.25) is 0 Å². The van der Waals surface area contributed by atoms with Crippen LogP contribution in [0.4, 0.5) is 8.78 Å². The summed E-state index contributed by atoms with van der Waals surface area (Å²) in [5, 5.41) is 18.4. The highest BCUT2D eigenvalue weighted by molar-refractivity contribution is 5.94. The van der Waals surface area contributed by atoms with Crippen molar-refractivity contribution in [3.63, 3.8) is 0 Å². The lowest BCUT2D eigenvalue weighted by atomic mass is 10.1. The van der Waals surface area contributed by atoms with Gasteiger partial charge in [0.2, 0.25) is 0 Å². The van der Waals surface area contributed by atoms with Crippen molar-refractivity contribution < 1.29 is 23.8 Å². The van der Waals surface area contributed by atoms with Crippen LogP contribution < -0.4 is 0 Å². The lowest BCUT2D eigenvalue weighted by Crippen LogP contribution is -2.07. The molecule has 1 atom stereocenters. The lowest BCUT2D eigenvalue weighted by molar-refractivity contribution is -0.00494. The van der Waals surface area contributed by atoms with Crippen molar-refractivity contribution in [3.8, 4) is 0 Å². The molecule has 0 saturated carbocycles. The Morgan fingerprint density at radius 1 is 1.35 bits per heavy atom. The highest BCUT2D eigenvalue weighted by atomic mass is 19.3. The quantitative estimate of drug-likeness (QED) is 0.770. The molecule has 0 aliphatic carbocycles. The van der Waals surface area contributed by atoms with E-state index in [4.69, 9.17) is 5.11 Å². The number of nitrogens with one attached hydrogen (secondary N) is 1. The number of hydrogen-bond donors (Lipinski definition) is 3. The van der Waals surface area contributed by atoms with E-state index < -0.39 is 18.5 Å². The molecule has 2 aromatic rings. The van der Waals surface area contributed by atoms with Gasteiger partial charge >= 0.3 is 5.97 Å². The molecule has 1 aromatic heterocycles. The molecule has 0 fully saturated rings. The molecule has 0 bridgehead atoms. The van der Waals surface area contributed by atoms with Crippen molar-refractivity contribution in [3.05, 3.63) is 35.5 Å². The van der Waals surface area contributed by atoms with E-state index in [2.05, 4.69) is 4.98 Å². The number of carboxylic acid groups (broad SMARTS) is 1. The van der Waals surface area contributed by atoms with Gasteiger partial charge in [-0.1, -0.05) is 0 Å². The number of H-pyrrole nitrogens is 1. The number of aliphatic hydroxyl groups excluding tert-OH is 1. The summed E-state index contributed by atoms with van der Waals surface area (Å²) in [6.45, 7) is 0. The zero-order chi connectivity index (χ0) is 12.6. The highest BCUT2D eigenvalue weighted by Crippen LogP contribution is 2.28. The Morgan fingerprint density at radius 2 is 2.06 bits per heavy atom. The first-order valence-electron chi connectivity index (χ1n) is 4.81. The molecule has 0 saturated heterocycles. The zero-order valence-electron chi connectivity index (χ0n) is 8.52. The van der Waals surface area contributed by atoms with Crippen LogP contribution in [-0.4, -0.2) is 27.6 Å². The molecule has 0 aliphatic heterocycles. The van der Waals surface area contributed by atoms with E-state index in [9.17, 15) is 18.7 Å². The van der Waals surface area contributed by atoms with Crippen LogP contribution in [-0.2, 0) is 0 Å². The number of hydrogen-bond acceptors (Lipinski definition) is 2. The predicted octanol–water partition coefficient (Wildman–Crippen LogP) is 2.16. The Balaban J connectivity index is 2.57. The minimum absolute atomic E-state index is 0.00176. The third-order valence-electron chi connectivity index (χ3n) is 2.52. The van der Waals surface area contributed by atoms with Crippen LogP contribution in [0.15, 0.2) is 24.4 Å². The fraction of sp³-hybridized carbons (Fsp3) is 0.182. The van der Waals surface area contributed by atoms with Crippen molar-refractivity contribution in [1.82, 2.24) is 4.98 Å². The molecular formula is C11H9F2NO3. The van der Waals surface area contributed by atoms with Gasteiger partial charge in [-0.25, -0.2) is 13.6 Å². The molecule has 6 heteroatoms. The number of rotatable bonds is 3. The van der Waals surface area contributed by atoms with E-state index >= 15 is 0 Å². The maximum atomic E-state index is 12.4. The summed E-state index contributed by atoms with van der Waals surface area (Å²) < 4.78 is 24.8. The molecule has 3 N–H and O–H groups in total. The smallest absolute Gasteiger partial charge is 0.335 e. The highest BCUT2D eigenvalue weighted by Gasteiger charge is 2.22. The summed E-state index contributed by atoms with van der Waals surface area (Å²) in [7, 11) is 0. The van der Waals surface area contributed by atoms with Crippen molar-refractivity contribution in [1.29, 1.82) is 0 Å². The normalized spacial score (nSPS) is 13.2. The largest absolute Gasteiger partial charge is 0.478 e. The molecule has 1 aromatic carbocycles. The minimum Gasteiger partial charge on any atom is -0.478 e. The molecule has 90 valence electrons. The molecule has 17 heavy (non-hydrogen) atoms. The molecule has 4 nitrogen and oxygen atoms in total. The first kappa shape index (κ1) is 11.5. The second-order valence-corrected chi connectivity index (χ2v) is 3.59. The number of aromatic nitrogens is 1. The maximum absolute atomic E-state index is 12.4. The molecule has 1 unspecified atom stereocenters. The lowest BCUT2D eigenvalue weighted by Gasteiger charge is -2.07. The van der Waals surface area contributed by atoms with Gasteiger partial charge in [-0.15, -0.1) is 0 Å². The van der Waals surface area contributed by atoms with Crippen LogP contribution >= 0.6 is 0 Å². The monoisotopic (exact) mass is 241 g/mol. The van der Waals surface area contributed by atoms with Gasteiger partial charge in [-0.05, 0) is 18.2 Å². The van der Waals surface area contributed by atoms with Gasteiger partial charge in [0.1, 0.15) is 6.10 Å². The van der Waals surface area contributed by atoms with Crippen LogP contribution in [0.25, 0.3) is 10.9 Å². The molecule has 1 heterocycles. The van der Waals surface area contributed by atoms with Crippen LogP contribution in [0.1, 0.15) is 22.0 Å². The Hall–Kier alpha value is -1.95. The molecule has 0 radical (unpaired) electrons. The summed E-state index contributed by atoms with van der Waals surface area (Å²) >= 11 is 0. The van der Waals surface area contributed by atoms with Crippen molar-refractivity contribution in [2.45, 2.75) is 12.5 Å². The van der Waals surface area contributed by atoms with Gasteiger partial charge in [0.25, 0.3) is 6.43 Å². The third kappa shape index (κ3) is 1.99. The van der Waals surface area contributed by atoms with Gasteiger partial charge in [-0.3, -0.25) is 0 Å². The molecule has 0 aliphatic rings. The Morgan fingerprint density at radius 3 is 2.65 bits per heavy atom. The summed E-state index contributed by atoms with van der Waals surface area (Å²) in [5.41, 5.74) is 0.489. The van der Waals surface area contributed by atoms with E-state index in [1.54, 1.807) is 0 Å². The predicted molar refractivity (Wildman–Crippen MR) is 56.2 cm³/mol. The standard InChI is InChI=1S/C11H9F2NO3/c12-10(13)9(15)7-4-14-8-2-1-5(11(16)17)3-6(7)8/h1-4,9-10,14-15H,(H,16,17). The number of benzene rings is 1. The summed E-state index contributed by atoms with van der Waals surface area (Å²) in [5.74, 6) is -1.15. The molecule has 0 spiro atoms. The molecular weight excluding hydrogens is 232 g/mol. The molecule has 0 amide bonds. The average Bonchev–Trinajstić information content (AvgIpc) is 2.70. The van der Waals surface area contributed by atoms with E-state index in [-0.39, 0.29) is 16.5 Å². The van der Waals surface area contributed by atoms with Gasteiger partial charge in [0, 0.05) is 22.7 Å². The number of aromatic carboxylic acids is 1. The zero-order valence-corrected chi connectivity index (χ0v) is 8.52. The van der Waals surface area contributed by atoms with Gasteiger partial charge in [-0.2, -0.15) is 0 Å². The van der Waals surface area contributed by atoms with E-state index in [1.165, 1.54) is 24.4 Å². The van der Waals surface area contributed by atoms with Crippen molar-refractivity contribution in [2.24, 2.45) is 0 Å². The summed E-state index contributed by atoms with van der Waals surface area (Å²) in [6.07, 6.45) is -3.58. The Labute approximate surface area is 94.5 Å². The number of carbonyl (C=O) groups is 1. The Bertz CT molecular complexity index is 565. The van der Waals surface area contributed by atoms with Gasteiger partial charge < -0.3 is 15.2 Å². The number of halogens is 2. The second-order valence-electron chi connectivity index (χ2n) is 3.59. The summed E-state index contributed by atoms with van der Waals surface area (Å²) in [6, 6.07) is 4.09. The summed E-state index contributed by atoms with van der Waals surface area (Å²) in [4.78, 5) is 13.5. The third-order valence-corrected chi connectivity index (χ3v) is 2.52. The number of aliphatic hydroxyl groups is 1.